The fourth-order valence-corrected chi connectivity index (χ4v) is 3.42. The van der Waals surface area contributed by atoms with Gasteiger partial charge in [0.05, 0.1) is 11.0 Å². The van der Waals surface area contributed by atoms with E-state index in [1.54, 1.807) is 0 Å². The van der Waals surface area contributed by atoms with Gasteiger partial charge in [-0.3, -0.25) is 0 Å². The summed E-state index contributed by atoms with van der Waals surface area (Å²) in [7, 11) is 0. The average molecular weight is 320 g/mol. The summed E-state index contributed by atoms with van der Waals surface area (Å²) in [5.74, 6) is 1.75. The molecule has 0 atom stereocenters. The van der Waals surface area contributed by atoms with Crippen molar-refractivity contribution in [3.05, 3.63) is 42.0 Å². The van der Waals surface area contributed by atoms with Gasteiger partial charge in [-0.1, -0.05) is 6.92 Å². The second-order valence-electron chi connectivity index (χ2n) is 7.03. The van der Waals surface area contributed by atoms with Gasteiger partial charge in [0, 0.05) is 30.0 Å². The van der Waals surface area contributed by atoms with Crippen LogP contribution in [0.1, 0.15) is 25.3 Å². The Kier molecular flexibility index (Phi) is 3.68. The summed E-state index contributed by atoms with van der Waals surface area (Å²) >= 11 is 0. The number of nitrogens with two attached hydrogens (primary N) is 1. The van der Waals surface area contributed by atoms with Crippen molar-refractivity contribution in [1.82, 2.24) is 9.97 Å². The molecule has 1 aromatic heterocycles. The molecule has 1 aliphatic rings. The summed E-state index contributed by atoms with van der Waals surface area (Å²) in [5.41, 5.74) is 12.3. The summed E-state index contributed by atoms with van der Waals surface area (Å²) in [6.07, 6.45) is 2.55. The molecule has 0 spiro atoms. The molecule has 3 N–H and O–H groups in total. The lowest BCUT2D eigenvalue weighted by Crippen LogP contribution is -2.32. The number of nitrogens with zero attached hydrogens (tertiary/aromatic N) is 2. The van der Waals surface area contributed by atoms with Crippen molar-refractivity contribution in [2.24, 2.45) is 5.92 Å². The molecule has 3 aromatic rings. The summed E-state index contributed by atoms with van der Waals surface area (Å²) in [4.78, 5) is 10.7. The molecule has 2 heterocycles. The molecule has 0 amide bonds. The van der Waals surface area contributed by atoms with Crippen LogP contribution in [0.4, 0.5) is 11.4 Å². The normalized spacial score (nSPS) is 16.0. The third-order valence-electron chi connectivity index (χ3n) is 5.16. The monoisotopic (exact) mass is 320 g/mol. The predicted octanol–water partition coefficient (Wildman–Crippen LogP) is 4.36. The van der Waals surface area contributed by atoms with E-state index in [4.69, 9.17) is 10.7 Å². The maximum Gasteiger partial charge on any atom is 0.138 e. The number of rotatable bonds is 2. The smallest absolute Gasteiger partial charge is 0.138 e. The van der Waals surface area contributed by atoms with E-state index in [1.807, 2.05) is 19.1 Å². The minimum absolute atomic E-state index is 0.816. The summed E-state index contributed by atoms with van der Waals surface area (Å²) in [6, 6.07) is 12.6. The first kappa shape index (κ1) is 15.1. The molecule has 4 heteroatoms. The lowest BCUT2D eigenvalue weighted by atomic mass is 9.99. The van der Waals surface area contributed by atoms with Gasteiger partial charge in [0.25, 0.3) is 0 Å². The topological polar surface area (TPSA) is 57.9 Å². The number of piperidine rings is 1. The van der Waals surface area contributed by atoms with E-state index < -0.39 is 0 Å². The lowest BCUT2D eigenvalue weighted by Gasteiger charge is -2.32. The number of imidazole rings is 1. The predicted molar refractivity (Wildman–Crippen MR) is 101 cm³/mol. The highest BCUT2D eigenvalue weighted by Crippen LogP contribution is 2.28. The van der Waals surface area contributed by atoms with Crippen molar-refractivity contribution in [3.63, 3.8) is 0 Å². The number of nitrogens with one attached hydrogen (secondary N) is 1. The van der Waals surface area contributed by atoms with E-state index >= 15 is 0 Å². The van der Waals surface area contributed by atoms with Crippen LogP contribution in [0.3, 0.4) is 0 Å². The zero-order valence-electron chi connectivity index (χ0n) is 14.3. The number of H-pyrrole nitrogens is 1. The van der Waals surface area contributed by atoms with Crippen molar-refractivity contribution < 1.29 is 0 Å². The van der Waals surface area contributed by atoms with Crippen LogP contribution in [-0.2, 0) is 0 Å². The Morgan fingerprint density at radius 1 is 1.12 bits per heavy atom. The lowest BCUT2D eigenvalue weighted by molar-refractivity contribution is 0.438. The second kappa shape index (κ2) is 5.86. The van der Waals surface area contributed by atoms with Crippen LogP contribution in [0.25, 0.3) is 22.4 Å². The molecule has 0 aliphatic carbocycles. The largest absolute Gasteiger partial charge is 0.399 e. The number of aromatic nitrogens is 2. The van der Waals surface area contributed by atoms with Crippen molar-refractivity contribution in [1.29, 1.82) is 0 Å². The first-order valence-corrected chi connectivity index (χ1v) is 8.71. The van der Waals surface area contributed by atoms with Crippen molar-refractivity contribution >= 4 is 22.4 Å². The molecule has 4 nitrogen and oxygen atoms in total. The number of anilines is 2. The molecule has 4 rings (SSSR count). The summed E-state index contributed by atoms with van der Waals surface area (Å²) in [6.45, 7) is 6.66. The maximum atomic E-state index is 5.92. The van der Waals surface area contributed by atoms with Crippen LogP contribution in [0.15, 0.2) is 36.4 Å². The van der Waals surface area contributed by atoms with Crippen LogP contribution >= 0.6 is 0 Å². The molecular formula is C20H24N4. The molecule has 1 fully saturated rings. The van der Waals surface area contributed by atoms with Crippen LogP contribution in [0, 0.1) is 12.8 Å². The van der Waals surface area contributed by atoms with Gasteiger partial charge in [0.2, 0.25) is 0 Å². The molecule has 2 aromatic carbocycles. The molecule has 0 bridgehead atoms. The molecule has 0 saturated carbocycles. The van der Waals surface area contributed by atoms with Crippen molar-refractivity contribution in [2.75, 3.05) is 23.7 Å². The number of aryl methyl sites for hydroxylation is 1. The Morgan fingerprint density at radius 3 is 2.67 bits per heavy atom. The highest BCUT2D eigenvalue weighted by molar-refractivity contribution is 5.83. The number of benzene rings is 2. The SMILES string of the molecule is Cc1cc(-c2nc3ccc(N4CCC(C)CC4)cc3[nH]2)ccc1N. The number of hydrogen-bond donors (Lipinski definition) is 2. The third-order valence-corrected chi connectivity index (χ3v) is 5.16. The van der Waals surface area contributed by atoms with Gasteiger partial charge in [-0.15, -0.1) is 0 Å². The summed E-state index contributed by atoms with van der Waals surface area (Å²) in [5, 5.41) is 0. The van der Waals surface area contributed by atoms with E-state index in [0.717, 1.165) is 52.7 Å². The zero-order chi connectivity index (χ0) is 16.7. The molecule has 0 unspecified atom stereocenters. The first-order valence-electron chi connectivity index (χ1n) is 8.71. The number of hydrogen-bond acceptors (Lipinski definition) is 3. The van der Waals surface area contributed by atoms with Gasteiger partial charge in [0.1, 0.15) is 5.82 Å². The van der Waals surface area contributed by atoms with Gasteiger partial charge in [-0.05, 0) is 67.6 Å². The second-order valence-corrected chi connectivity index (χ2v) is 7.03. The van der Waals surface area contributed by atoms with E-state index in [-0.39, 0.29) is 0 Å². The van der Waals surface area contributed by atoms with Gasteiger partial charge in [-0.25, -0.2) is 4.98 Å². The molecule has 24 heavy (non-hydrogen) atoms. The van der Waals surface area contributed by atoms with Crippen LogP contribution < -0.4 is 10.6 Å². The fourth-order valence-electron chi connectivity index (χ4n) is 3.42. The Morgan fingerprint density at radius 2 is 1.92 bits per heavy atom. The Bertz CT molecular complexity index is 872. The molecule has 124 valence electrons. The van der Waals surface area contributed by atoms with Gasteiger partial charge >= 0.3 is 0 Å². The quantitative estimate of drug-likeness (QED) is 0.690. The van der Waals surface area contributed by atoms with Crippen LogP contribution in [0.2, 0.25) is 0 Å². The highest BCUT2D eigenvalue weighted by atomic mass is 15.1. The average Bonchev–Trinajstić information content (AvgIpc) is 3.01. The van der Waals surface area contributed by atoms with Crippen LogP contribution in [0.5, 0.6) is 0 Å². The number of nitrogen functional groups attached to an aromatic ring is 1. The van der Waals surface area contributed by atoms with Gasteiger partial charge < -0.3 is 15.6 Å². The molecule has 1 aliphatic heterocycles. The third kappa shape index (κ3) is 2.73. The molecule has 1 saturated heterocycles. The van der Waals surface area contributed by atoms with E-state index in [1.165, 1.54) is 18.5 Å². The van der Waals surface area contributed by atoms with Gasteiger partial charge in [0.15, 0.2) is 0 Å². The minimum Gasteiger partial charge on any atom is -0.399 e. The van der Waals surface area contributed by atoms with E-state index in [0.29, 0.717) is 0 Å². The summed E-state index contributed by atoms with van der Waals surface area (Å²) < 4.78 is 0. The highest BCUT2D eigenvalue weighted by Gasteiger charge is 2.17. The number of fused-ring (bicyclic) bond motifs is 1. The molecular weight excluding hydrogens is 296 g/mol. The first-order chi connectivity index (χ1) is 11.6. The Balaban J connectivity index is 1.67. The Hall–Kier alpha value is -2.49. The van der Waals surface area contributed by atoms with Crippen molar-refractivity contribution in [3.8, 4) is 11.4 Å². The Labute approximate surface area is 142 Å². The van der Waals surface area contributed by atoms with Crippen molar-refractivity contribution in [2.45, 2.75) is 26.7 Å². The maximum absolute atomic E-state index is 5.92. The number of aromatic amines is 1. The minimum atomic E-state index is 0.816. The van der Waals surface area contributed by atoms with Crippen LogP contribution in [-0.4, -0.2) is 23.1 Å². The fraction of sp³-hybridized carbons (Fsp3) is 0.350. The van der Waals surface area contributed by atoms with E-state index in [9.17, 15) is 0 Å². The van der Waals surface area contributed by atoms with Gasteiger partial charge in [-0.2, -0.15) is 0 Å². The molecule has 0 radical (unpaired) electrons. The van der Waals surface area contributed by atoms with E-state index in [2.05, 4.69) is 41.1 Å². The standard InChI is InChI=1S/C20H24N4/c1-13-7-9-24(10-8-13)16-4-6-18-19(12-16)23-20(22-18)15-3-5-17(21)14(2)11-15/h3-6,11-13H,7-10,21H2,1-2H3,(H,22,23). The zero-order valence-corrected chi connectivity index (χ0v) is 14.3.